The van der Waals surface area contributed by atoms with Crippen LogP contribution >= 0.6 is 0 Å². The minimum Gasteiger partial charge on any atom is -0.368 e. The first-order valence-electron chi connectivity index (χ1n) is 6.76. The molecule has 0 aliphatic rings. The monoisotopic (exact) mass is 282 g/mol. The zero-order valence-corrected chi connectivity index (χ0v) is 11.9. The summed E-state index contributed by atoms with van der Waals surface area (Å²) in [5.74, 6) is -0.795. The van der Waals surface area contributed by atoms with Crippen molar-refractivity contribution in [1.29, 1.82) is 0 Å². The van der Waals surface area contributed by atoms with Gasteiger partial charge in [0.2, 0.25) is 11.8 Å². The Bertz CT molecular complexity index is 638. The van der Waals surface area contributed by atoms with Gasteiger partial charge in [-0.2, -0.15) is 0 Å². The molecule has 0 aliphatic heterocycles. The molecular weight excluding hydrogens is 264 g/mol. The average molecular weight is 282 g/mol. The summed E-state index contributed by atoms with van der Waals surface area (Å²) in [4.78, 5) is 23.7. The second-order valence-electron chi connectivity index (χ2n) is 4.92. The average Bonchev–Trinajstić information content (AvgIpc) is 2.48. The first-order valence-corrected chi connectivity index (χ1v) is 6.76. The van der Waals surface area contributed by atoms with Crippen LogP contribution in [0.1, 0.15) is 22.7 Å². The van der Waals surface area contributed by atoms with Crippen molar-refractivity contribution in [1.82, 2.24) is 5.32 Å². The lowest BCUT2D eigenvalue weighted by atomic mass is 10.0. The van der Waals surface area contributed by atoms with Crippen LogP contribution in [0.2, 0.25) is 0 Å². The van der Waals surface area contributed by atoms with E-state index in [0.29, 0.717) is 5.56 Å². The maximum absolute atomic E-state index is 12.1. The molecule has 3 N–H and O–H groups in total. The van der Waals surface area contributed by atoms with Crippen molar-refractivity contribution < 1.29 is 9.59 Å². The first-order chi connectivity index (χ1) is 10.1. The number of hydrogen-bond acceptors (Lipinski definition) is 2. The van der Waals surface area contributed by atoms with Gasteiger partial charge in [0.1, 0.15) is 6.04 Å². The van der Waals surface area contributed by atoms with Crippen molar-refractivity contribution in [3.05, 3.63) is 71.3 Å². The minimum atomic E-state index is -0.803. The molecule has 4 nitrogen and oxygen atoms in total. The topological polar surface area (TPSA) is 72.2 Å². The second kappa shape index (κ2) is 6.70. The Hall–Kier alpha value is -2.62. The fourth-order valence-corrected chi connectivity index (χ4v) is 2.16. The highest BCUT2D eigenvalue weighted by Gasteiger charge is 2.20. The van der Waals surface area contributed by atoms with Gasteiger partial charge in [-0.3, -0.25) is 9.59 Å². The standard InChI is InChI=1S/C17H18N2O2/c1-12-7-5-6-10-14(12)11-15(20)19-16(17(18)21)13-8-3-2-4-9-13/h2-10,16H,11H2,1H3,(H2,18,21)(H,19,20)/t16-/m1/s1. The number of nitrogens with two attached hydrogens (primary N) is 1. The zero-order chi connectivity index (χ0) is 15.2. The molecule has 0 saturated carbocycles. The molecule has 4 heteroatoms. The van der Waals surface area contributed by atoms with E-state index < -0.39 is 11.9 Å². The molecule has 0 aliphatic carbocycles. The zero-order valence-electron chi connectivity index (χ0n) is 11.9. The third-order valence-corrected chi connectivity index (χ3v) is 3.34. The Morgan fingerprint density at radius 3 is 2.29 bits per heavy atom. The summed E-state index contributed by atoms with van der Waals surface area (Å²) >= 11 is 0. The summed E-state index contributed by atoms with van der Waals surface area (Å²) in [6.45, 7) is 1.95. The molecule has 0 unspecified atom stereocenters. The molecule has 1 atom stereocenters. The van der Waals surface area contributed by atoms with Gasteiger partial charge in [-0.15, -0.1) is 0 Å². The van der Waals surface area contributed by atoms with Crippen molar-refractivity contribution in [3.8, 4) is 0 Å². The summed E-state index contributed by atoms with van der Waals surface area (Å²) < 4.78 is 0. The third kappa shape index (κ3) is 3.92. The smallest absolute Gasteiger partial charge is 0.244 e. The lowest BCUT2D eigenvalue weighted by Crippen LogP contribution is -2.38. The Morgan fingerprint density at radius 1 is 1.05 bits per heavy atom. The summed E-state index contributed by atoms with van der Waals surface area (Å²) in [6, 6.07) is 15.8. The lowest BCUT2D eigenvalue weighted by Gasteiger charge is -2.16. The van der Waals surface area contributed by atoms with Crippen LogP contribution in [0.4, 0.5) is 0 Å². The van der Waals surface area contributed by atoms with Crippen LogP contribution in [-0.4, -0.2) is 11.8 Å². The van der Waals surface area contributed by atoms with Crippen LogP contribution in [0.15, 0.2) is 54.6 Å². The SMILES string of the molecule is Cc1ccccc1CC(=O)N[C@@H](C(N)=O)c1ccccc1. The highest BCUT2D eigenvalue weighted by Crippen LogP contribution is 2.13. The van der Waals surface area contributed by atoms with E-state index in [1.807, 2.05) is 37.3 Å². The van der Waals surface area contributed by atoms with E-state index in [9.17, 15) is 9.59 Å². The Kier molecular flexibility index (Phi) is 4.72. The quantitative estimate of drug-likeness (QED) is 0.879. The molecule has 2 amide bonds. The Labute approximate surface area is 124 Å². The molecule has 2 aromatic rings. The van der Waals surface area contributed by atoms with Gasteiger partial charge in [0.15, 0.2) is 0 Å². The summed E-state index contributed by atoms with van der Waals surface area (Å²) in [5, 5.41) is 2.69. The summed E-state index contributed by atoms with van der Waals surface area (Å²) in [6.07, 6.45) is 0.225. The summed E-state index contributed by atoms with van der Waals surface area (Å²) in [7, 11) is 0. The van der Waals surface area contributed by atoms with Gasteiger partial charge in [0.05, 0.1) is 6.42 Å². The number of nitrogens with one attached hydrogen (secondary N) is 1. The molecule has 0 aromatic heterocycles. The van der Waals surface area contributed by atoms with Crippen LogP contribution < -0.4 is 11.1 Å². The number of benzene rings is 2. The Morgan fingerprint density at radius 2 is 1.67 bits per heavy atom. The van der Waals surface area contributed by atoms with Crippen LogP contribution in [0.3, 0.4) is 0 Å². The predicted molar refractivity (Wildman–Crippen MR) is 81.4 cm³/mol. The van der Waals surface area contributed by atoms with E-state index >= 15 is 0 Å². The van der Waals surface area contributed by atoms with Gasteiger partial charge in [0, 0.05) is 0 Å². The molecule has 0 radical (unpaired) electrons. The maximum Gasteiger partial charge on any atom is 0.244 e. The van der Waals surface area contributed by atoms with Gasteiger partial charge >= 0.3 is 0 Å². The molecule has 0 heterocycles. The maximum atomic E-state index is 12.1. The van der Waals surface area contributed by atoms with Crippen LogP contribution in [0, 0.1) is 6.92 Å². The van der Waals surface area contributed by atoms with E-state index in [0.717, 1.165) is 11.1 Å². The largest absolute Gasteiger partial charge is 0.368 e. The molecule has 0 fully saturated rings. The van der Waals surface area contributed by atoms with Crippen molar-refractivity contribution in [2.45, 2.75) is 19.4 Å². The molecule has 0 spiro atoms. The number of primary amides is 1. The highest BCUT2D eigenvalue weighted by atomic mass is 16.2. The van der Waals surface area contributed by atoms with E-state index in [1.54, 1.807) is 24.3 Å². The molecule has 108 valence electrons. The number of carbonyl (C=O) groups excluding carboxylic acids is 2. The Balaban J connectivity index is 2.10. The number of aryl methyl sites for hydroxylation is 1. The molecule has 21 heavy (non-hydrogen) atoms. The van der Waals surface area contributed by atoms with E-state index in [4.69, 9.17) is 5.73 Å². The van der Waals surface area contributed by atoms with Gasteiger partial charge < -0.3 is 11.1 Å². The van der Waals surface area contributed by atoms with Gasteiger partial charge in [-0.05, 0) is 23.6 Å². The van der Waals surface area contributed by atoms with Crippen molar-refractivity contribution in [2.24, 2.45) is 5.73 Å². The molecule has 2 aromatic carbocycles. The first kappa shape index (κ1) is 14.8. The van der Waals surface area contributed by atoms with Gasteiger partial charge in [-0.1, -0.05) is 54.6 Å². The van der Waals surface area contributed by atoms with Gasteiger partial charge in [0.25, 0.3) is 0 Å². The van der Waals surface area contributed by atoms with Crippen molar-refractivity contribution >= 4 is 11.8 Å². The second-order valence-corrected chi connectivity index (χ2v) is 4.92. The van der Waals surface area contributed by atoms with Crippen molar-refractivity contribution in [3.63, 3.8) is 0 Å². The summed E-state index contributed by atoms with van der Waals surface area (Å²) in [5.41, 5.74) is 8.05. The fourth-order valence-electron chi connectivity index (χ4n) is 2.16. The van der Waals surface area contributed by atoms with Crippen LogP contribution in [0.5, 0.6) is 0 Å². The van der Waals surface area contributed by atoms with Crippen LogP contribution in [0.25, 0.3) is 0 Å². The lowest BCUT2D eigenvalue weighted by molar-refractivity contribution is -0.127. The highest BCUT2D eigenvalue weighted by molar-refractivity contribution is 5.88. The fraction of sp³-hybridized carbons (Fsp3) is 0.176. The number of carbonyl (C=O) groups is 2. The van der Waals surface area contributed by atoms with Crippen molar-refractivity contribution in [2.75, 3.05) is 0 Å². The van der Waals surface area contributed by atoms with Gasteiger partial charge in [-0.25, -0.2) is 0 Å². The predicted octanol–water partition coefficient (Wildman–Crippen LogP) is 1.88. The molecular formula is C17H18N2O2. The minimum absolute atomic E-state index is 0.225. The van der Waals surface area contributed by atoms with E-state index in [2.05, 4.69) is 5.32 Å². The number of hydrogen-bond donors (Lipinski definition) is 2. The van der Waals surface area contributed by atoms with E-state index in [-0.39, 0.29) is 12.3 Å². The van der Waals surface area contributed by atoms with E-state index in [1.165, 1.54) is 0 Å². The normalized spacial score (nSPS) is 11.7. The molecule has 0 saturated heterocycles. The number of amides is 2. The third-order valence-electron chi connectivity index (χ3n) is 3.34. The molecule has 2 rings (SSSR count). The molecule has 0 bridgehead atoms. The van der Waals surface area contributed by atoms with Crippen LogP contribution in [-0.2, 0) is 16.0 Å². The number of rotatable bonds is 5.